The summed E-state index contributed by atoms with van der Waals surface area (Å²) in [6, 6.07) is 9.02. The van der Waals surface area contributed by atoms with Gasteiger partial charge < -0.3 is 14.2 Å². The summed E-state index contributed by atoms with van der Waals surface area (Å²) < 4.78 is 19.5. The van der Waals surface area contributed by atoms with Crippen LogP contribution < -0.4 is 15.0 Å². The second-order valence-corrected chi connectivity index (χ2v) is 10.7. The van der Waals surface area contributed by atoms with E-state index in [1.54, 1.807) is 38.3 Å². The molecule has 0 radical (unpaired) electrons. The summed E-state index contributed by atoms with van der Waals surface area (Å²) in [7, 11) is 1.52. The molecule has 0 N–H and O–H groups in total. The molecule has 0 spiro atoms. The van der Waals surface area contributed by atoms with E-state index in [0.29, 0.717) is 33.8 Å². The van der Waals surface area contributed by atoms with Crippen LogP contribution in [0.3, 0.4) is 0 Å². The van der Waals surface area contributed by atoms with Gasteiger partial charge in [-0.15, -0.1) is 0 Å². The second kappa shape index (κ2) is 12.2. The standard InChI is InChI=1S/C27H29Br2N3O5/c1-4-36-27(34)16(2)37-24-18(12-20(29)14-23(24)35-3)15-30-32-25(17-8-6-5-7-9-17)31-22-11-10-19(28)13-21(22)26(32)33/h10-17H,4-9H2,1-3H3/t16-/m0/s1. The normalized spacial score (nSPS) is 15.2. The second-order valence-electron chi connectivity index (χ2n) is 8.87. The lowest BCUT2D eigenvalue weighted by atomic mass is 9.88. The molecule has 0 bridgehead atoms. The first-order chi connectivity index (χ1) is 17.8. The van der Waals surface area contributed by atoms with Gasteiger partial charge in [0.15, 0.2) is 17.6 Å². The number of fused-ring (bicyclic) bond motifs is 1. The third-order valence-electron chi connectivity index (χ3n) is 6.30. The van der Waals surface area contributed by atoms with Crippen molar-refractivity contribution in [2.24, 2.45) is 5.10 Å². The number of methoxy groups -OCH3 is 1. The van der Waals surface area contributed by atoms with Crippen molar-refractivity contribution in [3.63, 3.8) is 0 Å². The Kier molecular flexibility index (Phi) is 9.02. The van der Waals surface area contributed by atoms with Crippen LogP contribution in [0.25, 0.3) is 10.9 Å². The number of esters is 1. The first kappa shape index (κ1) is 27.3. The number of carbonyl (C=O) groups excluding carboxylic acids is 1. The van der Waals surface area contributed by atoms with Crippen LogP contribution in [-0.2, 0) is 9.53 Å². The molecule has 10 heteroatoms. The van der Waals surface area contributed by atoms with Gasteiger partial charge in [0.2, 0.25) is 0 Å². The number of hydrogen-bond donors (Lipinski definition) is 0. The molecule has 0 amide bonds. The summed E-state index contributed by atoms with van der Waals surface area (Å²) >= 11 is 6.94. The number of ether oxygens (including phenoxy) is 3. The van der Waals surface area contributed by atoms with E-state index in [1.165, 1.54) is 18.2 Å². The van der Waals surface area contributed by atoms with E-state index < -0.39 is 12.1 Å². The van der Waals surface area contributed by atoms with E-state index in [0.717, 1.165) is 34.6 Å². The largest absolute Gasteiger partial charge is 0.493 e. The zero-order valence-corrected chi connectivity index (χ0v) is 24.2. The quantitative estimate of drug-likeness (QED) is 0.217. The number of hydrogen-bond acceptors (Lipinski definition) is 7. The highest BCUT2D eigenvalue weighted by molar-refractivity contribution is 9.10. The molecule has 2 aromatic carbocycles. The third kappa shape index (κ3) is 6.23. The number of carbonyl (C=O) groups is 1. The van der Waals surface area contributed by atoms with Crippen LogP contribution in [0.15, 0.2) is 49.2 Å². The summed E-state index contributed by atoms with van der Waals surface area (Å²) in [5, 5.41) is 5.10. The molecule has 8 nitrogen and oxygen atoms in total. The number of aromatic nitrogens is 2. The fourth-order valence-electron chi connectivity index (χ4n) is 4.47. The molecule has 1 aliphatic carbocycles. The van der Waals surface area contributed by atoms with Crippen molar-refractivity contribution in [3.8, 4) is 11.5 Å². The molecule has 37 heavy (non-hydrogen) atoms. The predicted molar refractivity (Wildman–Crippen MR) is 150 cm³/mol. The van der Waals surface area contributed by atoms with Gasteiger partial charge in [-0.3, -0.25) is 4.79 Å². The summed E-state index contributed by atoms with van der Waals surface area (Å²) in [6.07, 6.45) is 5.95. The lowest BCUT2D eigenvalue weighted by Gasteiger charge is -2.23. The molecule has 0 aliphatic heterocycles. The molecule has 196 valence electrons. The maximum atomic E-state index is 13.6. The van der Waals surface area contributed by atoms with E-state index in [9.17, 15) is 9.59 Å². The lowest BCUT2D eigenvalue weighted by molar-refractivity contribution is -0.150. The van der Waals surface area contributed by atoms with Crippen molar-refractivity contribution in [3.05, 3.63) is 61.0 Å². The Morgan fingerprint density at radius 1 is 1.19 bits per heavy atom. The Hall–Kier alpha value is -2.72. The number of benzene rings is 2. The molecular formula is C27H29Br2N3O5. The van der Waals surface area contributed by atoms with Crippen LogP contribution in [0.4, 0.5) is 0 Å². The van der Waals surface area contributed by atoms with Crippen molar-refractivity contribution in [2.75, 3.05) is 13.7 Å². The van der Waals surface area contributed by atoms with Crippen molar-refractivity contribution >= 4 is 54.9 Å². The Bertz CT molecular complexity index is 1380. The third-order valence-corrected chi connectivity index (χ3v) is 7.25. The molecular weight excluding hydrogens is 606 g/mol. The van der Waals surface area contributed by atoms with Crippen LogP contribution in [-0.4, -0.2) is 41.7 Å². The minimum absolute atomic E-state index is 0.142. The van der Waals surface area contributed by atoms with Gasteiger partial charge in [0.1, 0.15) is 5.82 Å². The Morgan fingerprint density at radius 3 is 2.65 bits per heavy atom. The maximum absolute atomic E-state index is 13.6. The van der Waals surface area contributed by atoms with E-state index in [4.69, 9.17) is 19.2 Å². The Morgan fingerprint density at radius 2 is 1.95 bits per heavy atom. The molecule has 0 unspecified atom stereocenters. The highest BCUT2D eigenvalue weighted by Gasteiger charge is 2.24. The number of rotatable bonds is 8. The molecule has 3 aromatic rings. The van der Waals surface area contributed by atoms with Crippen molar-refractivity contribution < 1.29 is 19.0 Å². The van der Waals surface area contributed by atoms with Gasteiger partial charge in [0.25, 0.3) is 5.56 Å². The van der Waals surface area contributed by atoms with Gasteiger partial charge in [0.05, 0.1) is 30.8 Å². The first-order valence-corrected chi connectivity index (χ1v) is 13.9. The summed E-state index contributed by atoms with van der Waals surface area (Å²) in [5.74, 6) is 1.03. The lowest BCUT2D eigenvalue weighted by Crippen LogP contribution is -2.27. The Balaban J connectivity index is 1.83. The van der Waals surface area contributed by atoms with Crippen LogP contribution in [0.2, 0.25) is 0 Å². The summed E-state index contributed by atoms with van der Waals surface area (Å²) in [5.41, 5.74) is 0.933. The Labute approximate surface area is 232 Å². The van der Waals surface area contributed by atoms with E-state index in [1.807, 2.05) is 12.1 Å². The molecule has 1 saturated carbocycles. The highest BCUT2D eigenvalue weighted by Crippen LogP contribution is 2.35. The van der Waals surface area contributed by atoms with E-state index in [-0.39, 0.29) is 18.1 Å². The molecule has 0 saturated heterocycles. The molecule has 1 atom stereocenters. The predicted octanol–water partition coefficient (Wildman–Crippen LogP) is 6.19. The van der Waals surface area contributed by atoms with Gasteiger partial charge in [-0.2, -0.15) is 9.78 Å². The molecule has 1 fully saturated rings. The maximum Gasteiger partial charge on any atom is 0.347 e. The monoisotopic (exact) mass is 633 g/mol. The molecule has 1 aromatic heterocycles. The SMILES string of the molecule is CCOC(=O)[C@H](C)Oc1c(C=Nn2c(C3CCCCC3)nc3ccc(Br)cc3c2=O)cc(Br)cc1OC. The zero-order chi connectivity index (χ0) is 26.5. The molecule has 1 aliphatic rings. The fourth-order valence-corrected chi connectivity index (χ4v) is 5.29. The smallest absolute Gasteiger partial charge is 0.347 e. The first-order valence-electron chi connectivity index (χ1n) is 12.3. The van der Waals surface area contributed by atoms with Gasteiger partial charge in [-0.25, -0.2) is 9.78 Å². The van der Waals surface area contributed by atoms with Gasteiger partial charge in [-0.05, 0) is 57.0 Å². The average molecular weight is 635 g/mol. The van der Waals surface area contributed by atoms with Crippen LogP contribution in [0, 0.1) is 0 Å². The van der Waals surface area contributed by atoms with Gasteiger partial charge in [-0.1, -0.05) is 51.1 Å². The molecule has 1 heterocycles. The van der Waals surface area contributed by atoms with Crippen LogP contribution in [0.5, 0.6) is 11.5 Å². The minimum atomic E-state index is -0.873. The van der Waals surface area contributed by atoms with Crippen molar-refractivity contribution in [1.29, 1.82) is 0 Å². The topological polar surface area (TPSA) is 92.0 Å². The average Bonchev–Trinajstić information content (AvgIpc) is 2.90. The van der Waals surface area contributed by atoms with Crippen LogP contribution in [0.1, 0.15) is 63.3 Å². The zero-order valence-electron chi connectivity index (χ0n) is 21.0. The number of nitrogens with zero attached hydrogens (tertiary/aromatic N) is 3. The van der Waals surface area contributed by atoms with E-state index >= 15 is 0 Å². The van der Waals surface area contributed by atoms with Crippen molar-refractivity contribution in [1.82, 2.24) is 9.66 Å². The van der Waals surface area contributed by atoms with Gasteiger partial charge >= 0.3 is 5.97 Å². The minimum Gasteiger partial charge on any atom is -0.493 e. The van der Waals surface area contributed by atoms with E-state index in [2.05, 4.69) is 37.0 Å². The summed E-state index contributed by atoms with van der Waals surface area (Å²) in [4.78, 5) is 30.8. The van der Waals surface area contributed by atoms with Crippen LogP contribution >= 0.6 is 31.9 Å². The van der Waals surface area contributed by atoms with Gasteiger partial charge in [0, 0.05) is 20.4 Å². The highest BCUT2D eigenvalue weighted by atomic mass is 79.9. The number of halogens is 2. The summed E-state index contributed by atoms with van der Waals surface area (Å²) in [6.45, 7) is 3.59. The fraction of sp³-hybridized carbons (Fsp3) is 0.407. The molecule has 4 rings (SSSR count). The van der Waals surface area contributed by atoms with Crippen molar-refractivity contribution in [2.45, 2.75) is 58.0 Å².